The van der Waals surface area contributed by atoms with E-state index in [-0.39, 0.29) is 0 Å². The first-order valence-corrected chi connectivity index (χ1v) is 4.60. The van der Waals surface area contributed by atoms with E-state index in [4.69, 9.17) is 8.83 Å². The number of hydrogen-bond donors (Lipinski definition) is 1. The molecule has 3 nitrogen and oxygen atoms in total. The van der Waals surface area contributed by atoms with Crippen LogP contribution < -0.4 is 0 Å². The smallest absolute Gasteiger partial charge is 0.140 e. The molecule has 1 unspecified atom stereocenters. The number of aliphatic hydroxyl groups excluding tert-OH is 1. The summed E-state index contributed by atoms with van der Waals surface area (Å²) in [4.78, 5) is 0. The lowest BCUT2D eigenvalue weighted by Gasteiger charge is -2.06. The molecule has 0 aliphatic heterocycles. The first-order valence-electron chi connectivity index (χ1n) is 4.60. The maximum atomic E-state index is 9.93. The van der Waals surface area contributed by atoms with E-state index in [1.165, 1.54) is 0 Å². The highest BCUT2D eigenvalue weighted by Crippen LogP contribution is 2.26. The van der Waals surface area contributed by atoms with Crippen LogP contribution in [0, 0.1) is 0 Å². The third-order valence-corrected chi connectivity index (χ3v) is 2.21. The Balaban J connectivity index is 2.31. The SMILES string of the molecule is CCc1occc1C(O)c1ccco1. The molecule has 0 aliphatic carbocycles. The average Bonchev–Trinajstić information content (AvgIpc) is 2.87. The molecule has 0 saturated carbocycles. The Morgan fingerprint density at radius 2 is 2.14 bits per heavy atom. The van der Waals surface area contributed by atoms with Gasteiger partial charge in [-0.2, -0.15) is 0 Å². The molecule has 0 aliphatic rings. The zero-order valence-electron chi connectivity index (χ0n) is 7.93. The van der Waals surface area contributed by atoms with E-state index in [0.717, 1.165) is 17.7 Å². The molecule has 1 N–H and O–H groups in total. The van der Waals surface area contributed by atoms with Gasteiger partial charge in [-0.05, 0) is 18.2 Å². The van der Waals surface area contributed by atoms with Crippen molar-refractivity contribution in [2.75, 3.05) is 0 Å². The Kier molecular flexibility index (Phi) is 2.41. The van der Waals surface area contributed by atoms with Crippen LogP contribution in [0.15, 0.2) is 39.6 Å². The van der Waals surface area contributed by atoms with Gasteiger partial charge >= 0.3 is 0 Å². The molecule has 2 aromatic rings. The number of aliphatic hydroxyl groups is 1. The fraction of sp³-hybridized carbons (Fsp3) is 0.273. The van der Waals surface area contributed by atoms with Gasteiger partial charge in [-0.25, -0.2) is 0 Å². The molecular weight excluding hydrogens is 180 g/mol. The summed E-state index contributed by atoms with van der Waals surface area (Å²) in [6.45, 7) is 1.98. The van der Waals surface area contributed by atoms with Gasteiger partial charge in [0.2, 0.25) is 0 Å². The predicted molar refractivity (Wildman–Crippen MR) is 50.9 cm³/mol. The van der Waals surface area contributed by atoms with E-state index in [9.17, 15) is 5.11 Å². The van der Waals surface area contributed by atoms with Crippen molar-refractivity contribution in [3.63, 3.8) is 0 Å². The van der Waals surface area contributed by atoms with Gasteiger partial charge in [0.25, 0.3) is 0 Å². The topological polar surface area (TPSA) is 46.5 Å². The van der Waals surface area contributed by atoms with Gasteiger partial charge in [-0.3, -0.25) is 0 Å². The number of rotatable bonds is 3. The van der Waals surface area contributed by atoms with Crippen LogP contribution >= 0.6 is 0 Å². The van der Waals surface area contributed by atoms with Crippen molar-refractivity contribution in [2.24, 2.45) is 0 Å². The van der Waals surface area contributed by atoms with Crippen LogP contribution in [0.1, 0.15) is 30.1 Å². The molecule has 0 amide bonds. The van der Waals surface area contributed by atoms with Crippen molar-refractivity contribution in [3.05, 3.63) is 47.8 Å². The summed E-state index contributed by atoms with van der Waals surface area (Å²) in [7, 11) is 0. The van der Waals surface area contributed by atoms with Gasteiger partial charge in [0.1, 0.15) is 17.6 Å². The van der Waals surface area contributed by atoms with E-state index < -0.39 is 6.10 Å². The Hall–Kier alpha value is -1.48. The molecule has 2 aromatic heterocycles. The van der Waals surface area contributed by atoms with Crippen LogP contribution in [0.3, 0.4) is 0 Å². The van der Waals surface area contributed by atoms with Crippen molar-refractivity contribution in [3.8, 4) is 0 Å². The van der Waals surface area contributed by atoms with Crippen molar-refractivity contribution in [2.45, 2.75) is 19.4 Å². The molecule has 0 saturated heterocycles. The van der Waals surface area contributed by atoms with Crippen LogP contribution in [-0.4, -0.2) is 5.11 Å². The highest BCUT2D eigenvalue weighted by Gasteiger charge is 2.18. The molecule has 3 heteroatoms. The second-order valence-corrected chi connectivity index (χ2v) is 3.07. The first kappa shape index (κ1) is 9.09. The van der Waals surface area contributed by atoms with Crippen molar-refractivity contribution in [1.82, 2.24) is 0 Å². The standard InChI is InChI=1S/C11H12O3/c1-2-9-8(5-7-14-9)11(12)10-4-3-6-13-10/h3-7,11-12H,2H2,1H3. The third-order valence-electron chi connectivity index (χ3n) is 2.21. The van der Waals surface area contributed by atoms with E-state index in [0.29, 0.717) is 5.76 Å². The lowest BCUT2D eigenvalue weighted by molar-refractivity contribution is 0.187. The summed E-state index contributed by atoms with van der Waals surface area (Å²) < 4.78 is 10.4. The van der Waals surface area contributed by atoms with E-state index in [1.54, 1.807) is 30.7 Å². The molecule has 0 radical (unpaired) electrons. The van der Waals surface area contributed by atoms with Crippen molar-refractivity contribution >= 4 is 0 Å². The number of aryl methyl sites for hydroxylation is 1. The Morgan fingerprint density at radius 3 is 2.79 bits per heavy atom. The molecule has 14 heavy (non-hydrogen) atoms. The lowest BCUT2D eigenvalue weighted by atomic mass is 10.1. The van der Waals surface area contributed by atoms with Crippen LogP contribution in [0.2, 0.25) is 0 Å². The first-order chi connectivity index (χ1) is 6.83. The van der Waals surface area contributed by atoms with Gasteiger partial charge < -0.3 is 13.9 Å². The summed E-state index contributed by atoms with van der Waals surface area (Å²) >= 11 is 0. The number of furan rings is 2. The molecule has 0 aromatic carbocycles. The maximum Gasteiger partial charge on any atom is 0.140 e. The summed E-state index contributed by atoms with van der Waals surface area (Å²) in [5.74, 6) is 1.34. The van der Waals surface area contributed by atoms with Crippen LogP contribution in [0.4, 0.5) is 0 Å². The zero-order valence-corrected chi connectivity index (χ0v) is 7.93. The van der Waals surface area contributed by atoms with Crippen molar-refractivity contribution in [1.29, 1.82) is 0 Å². The lowest BCUT2D eigenvalue weighted by Crippen LogP contribution is -1.99. The third kappa shape index (κ3) is 1.46. The highest BCUT2D eigenvalue weighted by atomic mass is 16.4. The highest BCUT2D eigenvalue weighted by molar-refractivity contribution is 5.26. The van der Waals surface area contributed by atoms with Crippen LogP contribution in [0.5, 0.6) is 0 Å². The molecule has 0 bridgehead atoms. The van der Waals surface area contributed by atoms with E-state index in [2.05, 4.69) is 0 Å². The summed E-state index contributed by atoms with van der Waals surface area (Å²) in [6.07, 6.45) is 3.17. The fourth-order valence-corrected chi connectivity index (χ4v) is 1.48. The van der Waals surface area contributed by atoms with Crippen LogP contribution in [-0.2, 0) is 6.42 Å². The largest absolute Gasteiger partial charge is 0.469 e. The Bertz CT molecular complexity index is 386. The van der Waals surface area contributed by atoms with E-state index in [1.807, 2.05) is 6.92 Å². The minimum absolute atomic E-state index is 0.543. The number of hydrogen-bond acceptors (Lipinski definition) is 3. The molecule has 2 rings (SSSR count). The minimum atomic E-state index is -0.723. The average molecular weight is 192 g/mol. The molecule has 0 fully saturated rings. The summed E-state index contributed by atoms with van der Waals surface area (Å²) in [5.41, 5.74) is 0.780. The van der Waals surface area contributed by atoms with Gasteiger partial charge in [-0.15, -0.1) is 0 Å². The van der Waals surface area contributed by atoms with Gasteiger partial charge in [0.15, 0.2) is 0 Å². The Morgan fingerprint density at radius 1 is 1.29 bits per heavy atom. The Labute approximate surface area is 82.0 Å². The molecule has 1 atom stereocenters. The minimum Gasteiger partial charge on any atom is -0.469 e. The summed E-state index contributed by atoms with van der Waals surface area (Å²) in [6, 6.07) is 5.27. The molecule has 74 valence electrons. The fourth-order valence-electron chi connectivity index (χ4n) is 1.48. The monoisotopic (exact) mass is 192 g/mol. The van der Waals surface area contributed by atoms with E-state index >= 15 is 0 Å². The van der Waals surface area contributed by atoms with Gasteiger partial charge in [0.05, 0.1) is 12.5 Å². The molecule has 2 heterocycles. The molecular formula is C11H12O3. The van der Waals surface area contributed by atoms with Gasteiger partial charge in [0, 0.05) is 12.0 Å². The van der Waals surface area contributed by atoms with Gasteiger partial charge in [-0.1, -0.05) is 6.92 Å². The van der Waals surface area contributed by atoms with Crippen LogP contribution in [0.25, 0.3) is 0 Å². The maximum absolute atomic E-state index is 9.93. The quantitative estimate of drug-likeness (QED) is 0.812. The predicted octanol–water partition coefficient (Wildman–Crippen LogP) is 2.52. The second kappa shape index (κ2) is 3.72. The normalized spacial score (nSPS) is 13.0. The molecule has 0 spiro atoms. The second-order valence-electron chi connectivity index (χ2n) is 3.07. The summed E-state index contributed by atoms with van der Waals surface area (Å²) in [5, 5.41) is 9.93. The van der Waals surface area contributed by atoms with Crippen molar-refractivity contribution < 1.29 is 13.9 Å². The zero-order chi connectivity index (χ0) is 9.97.